The number of ketones is 3. The van der Waals surface area contributed by atoms with Gasteiger partial charge in [0.05, 0.1) is 30.9 Å². The zero-order valence-corrected chi connectivity index (χ0v) is 33.6. The molecular weight excluding hydrogens is 723 g/mol. The minimum Gasteiger partial charge on any atom is -0.366 e. The Labute approximate surface area is 329 Å². The molecule has 0 radical (unpaired) electrons. The number of aryl methyl sites for hydroxylation is 1. The lowest BCUT2D eigenvalue weighted by atomic mass is 9.86. The van der Waals surface area contributed by atoms with Crippen LogP contribution in [0.1, 0.15) is 103 Å². The van der Waals surface area contributed by atoms with E-state index in [0.717, 1.165) is 43.5 Å². The van der Waals surface area contributed by atoms with Gasteiger partial charge in [0.2, 0.25) is 11.8 Å². The number of carbonyl (C=O) groups is 5. The molecule has 2 aliphatic rings. The summed E-state index contributed by atoms with van der Waals surface area (Å²) in [4.78, 5) is 71.2. The lowest BCUT2D eigenvalue weighted by molar-refractivity contribution is -0.137. The van der Waals surface area contributed by atoms with Crippen molar-refractivity contribution in [3.05, 3.63) is 71.3 Å². The number of hydrogen-bond donors (Lipinski definition) is 2. The summed E-state index contributed by atoms with van der Waals surface area (Å²) in [5, 5.41) is 5.87. The maximum atomic E-state index is 14.3. The first-order valence-electron chi connectivity index (χ1n) is 20.1. The summed E-state index contributed by atoms with van der Waals surface area (Å²) in [5.74, 6) is -3.21. The van der Waals surface area contributed by atoms with Crippen LogP contribution in [-0.4, -0.2) is 72.6 Å². The number of amides is 2. The molecule has 0 aromatic heterocycles. The average Bonchev–Trinajstić information content (AvgIpc) is 3.90. The predicted molar refractivity (Wildman–Crippen MR) is 208 cm³/mol. The van der Waals surface area contributed by atoms with Crippen molar-refractivity contribution in [2.24, 2.45) is 29.1 Å². The third kappa shape index (κ3) is 14.2. The number of carbonyl (C=O) groups excluding carboxylic acids is 5. The van der Waals surface area contributed by atoms with Gasteiger partial charge in [0.15, 0.2) is 11.6 Å². The van der Waals surface area contributed by atoms with Crippen molar-refractivity contribution < 1.29 is 41.9 Å². The molecule has 12 heteroatoms. The molecular formula is C44H60F3N3O6. The summed E-state index contributed by atoms with van der Waals surface area (Å²) >= 11 is 0. The number of ether oxygens (including phenoxy) is 1. The fourth-order valence-electron chi connectivity index (χ4n) is 7.31. The molecule has 1 aliphatic carbocycles. The molecule has 2 aromatic rings. The first-order chi connectivity index (χ1) is 26.4. The number of alkyl halides is 3. The monoisotopic (exact) mass is 783 g/mol. The standard InChI is InChI=1S/C44H60F3N3O6/c1-29(2)22-37(48-41(54)33(15-12-31-10-7-6-8-11-31)25-36(51)27-50-20-9-21-56-28-50)39(52)26-34(24-32-13-16-35(17-14-32)44(45,46)47)42(55)49-38(23-30(3)4)40(53)43(5)18-19-43/h6-8,10-11,13-14,16-17,29-30,33-34,37-38H,9,12,15,18-28H2,1-5H3,(H,48,54)(H,49,55)/t33-,34-,37+,38+/m1/s1. The topological polar surface area (TPSA) is 122 Å². The Hall–Kier alpha value is -3.90. The van der Waals surface area contributed by atoms with Gasteiger partial charge in [0.25, 0.3) is 0 Å². The maximum absolute atomic E-state index is 14.3. The molecule has 2 N–H and O–H groups in total. The molecule has 1 saturated heterocycles. The quantitative estimate of drug-likeness (QED) is 0.130. The number of rotatable bonds is 22. The first-order valence-corrected chi connectivity index (χ1v) is 20.1. The Bertz CT molecular complexity index is 1620. The second-order valence-electron chi connectivity index (χ2n) is 17.0. The number of nitrogens with zero attached hydrogens (tertiary/aromatic N) is 1. The number of halogens is 3. The van der Waals surface area contributed by atoms with Crippen molar-refractivity contribution >= 4 is 29.2 Å². The van der Waals surface area contributed by atoms with E-state index in [0.29, 0.717) is 38.2 Å². The summed E-state index contributed by atoms with van der Waals surface area (Å²) in [7, 11) is 0. The maximum Gasteiger partial charge on any atom is 0.416 e. The number of Topliss-reactive ketones (excluding diaryl/α,β-unsaturated/α-hetero) is 3. The van der Waals surface area contributed by atoms with Gasteiger partial charge in [-0.2, -0.15) is 13.2 Å². The van der Waals surface area contributed by atoms with Crippen LogP contribution in [0.4, 0.5) is 13.2 Å². The van der Waals surface area contributed by atoms with Crippen molar-refractivity contribution in [1.29, 1.82) is 0 Å². The van der Waals surface area contributed by atoms with Gasteiger partial charge in [-0.05, 0) is 86.5 Å². The van der Waals surface area contributed by atoms with Crippen LogP contribution in [0.15, 0.2) is 54.6 Å². The van der Waals surface area contributed by atoms with Crippen molar-refractivity contribution in [3.8, 4) is 0 Å². The molecule has 0 unspecified atom stereocenters. The molecule has 0 spiro atoms. The minimum absolute atomic E-state index is 0.0130. The van der Waals surface area contributed by atoms with E-state index in [1.54, 1.807) is 0 Å². The van der Waals surface area contributed by atoms with Crippen LogP contribution in [0.25, 0.3) is 0 Å². The molecule has 4 rings (SSSR count). The van der Waals surface area contributed by atoms with Gasteiger partial charge in [0.1, 0.15) is 5.78 Å². The van der Waals surface area contributed by atoms with Crippen molar-refractivity contribution in [3.63, 3.8) is 0 Å². The van der Waals surface area contributed by atoms with Crippen LogP contribution < -0.4 is 10.6 Å². The second kappa shape index (κ2) is 20.5. The van der Waals surface area contributed by atoms with Gasteiger partial charge in [-0.25, -0.2) is 0 Å². The third-order valence-electron chi connectivity index (χ3n) is 10.8. The Kier molecular flexibility index (Phi) is 16.4. The normalized spacial score (nSPS) is 17.8. The molecule has 1 aliphatic heterocycles. The van der Waals surface area contributed by atoms with Crippen molar-refractivity contribution in [1.82, 2.24) is 15.5 Å². The predicted octanol–water partition coefficient (Wildman–Crippen LogP) is 7.14. The van der Waals surface area contributed by atoms with Crippen LogP contribution in [-0.2, 0) is 47.7 Å². The Morgan fingerprint density at radius 2 is 1.41 bits per heavy atom. The Balaban J connectivity index is 1.56. The molecule has 2 aromatic carbocycles. The smallest absolute Gasteiger partial charge is 0.366 e. The van der Waals surface area contributed by atoms with Crippen LogP contribution in [0.3, 0.4) is 0 Å². The zero-order chi connectivity index (χ0) is 41.0. The highest BCUT2D eigenvalue weighted by molar-refractivity contribution is 5.97. The van der Waals surface area contributed by atoms with Crippen LogP contribution in [0.2, 0.25) is 0 Å². The highest BCUT2D eigenvalue weighted by atomic mass is 19.4. The second-order valence-corrected chi connectivity index (χ2v) is 17.0. The molecule has 1 heterocycles. The Morgan fingerprint density at radius 1 is 0.804 bits per heavy atom. The highest BCUT2D eigenvalue weighted by Crippen LogP contribution is 2.47. The largest absolute Gasteiger partial charge is 0.416 e. The lowest BCUT2D eigenvalue weighted by Gasteiger charge is -2.28. The van der Waals surface area contributed by atoms with E-state index in [2.05, 4.69) is 10.6 Å². The van der Waals surface area contributed by atoms with Gasteiger partial charge in [-0.15, -0.1) is 0 Å². The van der Waals surface area contributed by atoms with Gasteiger partial charge in [-0.1, -0.05) is 77.1 Å². The van der Waals surface area contributed by atoms with E-state index >= 15 is 0 Å². The number of nitrogens with one attached hydrogen (secondary N) is 2. The molecule has 56 heavy (non-hydrogen) atoms. The SMILES string of the molecule is CC(C)C[C@H](NC(=O)[C@H](CCc1ccccc1)CC(=O)CN1CCCOC1)C(=O)C[C@@H](Cc1ccc(C(F)(F)F)cc1)C(=O)N[C@@H](CC(C)C)C(=O)C1(C)CC1. The molecule has 1 saturated carbocycles. The van der Waals surface area contributed by atoms with E-state index < -0.39 is 58.7 Å². The molecule has 2 fully saturated rings. The van der Waals surface area contributed by atoms with Gasteiger partial charge in [-0.3, -0.25) is 28.9 Å². The number of hydrogen-bond acceptors (Lipinski definition) is 7. The summed E-state index contributed by atoms with van der Waals surface area (Å²) in [6, 6.07) is 12.4. The van der Waals surface area contributed by atoms with E-state index in [1.807, 2.05) is 69.9 Å². The van der Waals surface area contributed by atoms with Crippen molar-refractivity contribution in [2.75, 3.05) is 26.4 Å². The van der Waals surface area contributed by atoms with E-state index in [4.69, 9.17) is 4.74 Å². The Morgan fingerprint density at radius 3 is 1.98 bits per heavy atom. The summed E-state index contributed by atoms with van der Waals surface area (Å²) in [6.45, 7) is 11.5. The summed E-state index contributed by atoms with van der Waals surface area (Å²) < 4.78 is 45.6. The van der Waals surface area contributed by atoms with E-state index in [-0.39, 0.29) is 55.6 Å². The molecule has 2 amide bonds. The lowest BCUT2D eigenvalue weighted by Crippen LogP contribution is -2.49. The third-order valence-corrected chi connectivity index (χ3v) is 10.8. The first kappa shape index (κ1) is 44.8. The van der Waals surface area contributed by atoms with E-state index in [1.165, 1.54) is 12.1 Å². The fraction of sp³-hybridized carbons (Fsp3) is 0.614. The van der Waals surface area contributed by atoms with Gasteiger partial charge < -0.3 is 15.4 Å². The average molecular weight is 784 g/mol. The number of benzene rings is 2. The van der Waals surface area contributed by atoms with E-state index in [9.17, 15) is 37.1 Å². The van der Waals surface area contributed by atoms with Gasteiger partial charge >= 0.3 is 6.18 Å². The van der Waals surface area contributed by atoms with Crippen LogP contribution in [0, 0.1) is 29.1 Å². The summed E-state index contributed by atoms with van der Waals surface area (Å²) in [5.41, 5.74) is 0.0925. The minimum atomic E-state index is -4.54. The molecule has 9 nitrogen and oxygen atoms in total. The molecule has 0 bridgehead atoms. The van der Waals surface area contributed by atoms with Crippen LogP contribution in [0.5, 0.6) is 0 Å². The molecule has 308 valence electrons. The zero-order valence-electron chi connectivity index (χ0n) is 33.6. The molecule has 4 atom stereocenters. The highest BCUT2D eigenvalue weighted by Gasteiger charge is 2.48. The summed E-state index contributed by atoms with van der Waals surface area (Å²) in [6.07, 6.45) is -1.04. The van der Waals surface area contributed by atoms with Crippen molar-refractivity contribution in [2.45, 2.75) is 117 Å². The van der Waals surface area contributed by atoms with Crippen LogP contribution >= 0.6 is 0 Å². The fourth-order valence-corrected chi connectivity index (χ4v) is 7.31. The van der Waals surface area contributed by atoms with Gasteiger partial charge in [0, 0.05) is 43.2 Å².